The minimum atomic E-state index is -0.480. The number of aliphatic hydroxyl groups is 1. The zero-order valence-electron chi connectivity index (χ0n) is 12.7. The summed E-state index contributed by atoms with van der Waals surface area (Å²) in [6, 6.07) is 7.21. The number of benzene rings is 1. The van der Waals surface area contributed by atoms with Gasteiger partial charge >= 0.3 is 0 Å². The van der Waals surface area contributed by atoms with Crippen LogP contribution in [0.2, 0.25) is 0 Å². The number of nitrogen functional groups attached to an aromatic ring is 1. The van der Waals surface area contributed by atoms with Crippen molar-refractivity contribution in [2.45, 2.75) is 32.0 Å². The molecule has 1 fully saturated rings. The first kappa shape index (κ1) is 16.1. The van der Waals surface area contributed by atoms with Crippen LogP contribution >= 0.6 is 0 Å². The number of nitrogens with two attached hydrogens (primary N) is 1. The van der Waals surface area contributed by atoms with Crippen LogP contribution in [-0.4, -0.2) is 55.1 Å². The zero-order valence-corrected chi connectivity index (χ0v) is 12.7. The molecule has 1 aromatic carbocycles. The Balaban J connectivity index is 1.65. The summed E-state index contributed by atoms with van der Waals surface area (Å²) in [4.78, 5) is 2.27. The summed E-state index contributed by atoms with van der Waals surface area (Å²) >= 11 is 0. The molecule has 0 radical (unpaired) electrons. The number of anilines is 1. The fourth-order valence-corrected chi connectivity index (χ4v) is 2.60. The monoisotopic (exact) mass is 294 g/mol. The number of likely N-dealkylation sites (tertiary alicyclic amines) is 1. The Morgan fingerprint density at radius 1 is 1.29 bits per heavy atom. The Hall–Kier alpha value is -1.30. The quantitative estimate of drug-likeness (QED) is 0.746. The molecule has 1 aromatic rings. The highest BCUT2D eigenvalue weighted by molar-refractivity contribution is 5.41. The highest BCUT2D eigenvalue weighted by Crippen LogP contribution is 2.15. The van der Waals surface area contributed by atoms with Crippen LogP contribution in [0.5, 0.6) is 5.75 Å². The molecule has 0 bridgehead atoms. The van der Waals surface area contributed by atoms with Gasteiger partial charge in [0.1, 0.15) is 18.5 Å². The number of nitrogens with zero attached hydrogens (tertiary/aromatic N) is 1. The number of piperidine rings is 1. The second-order valence-corrected chi connectivity index (χ2v) is 5.49. The van der Waals surface area contributed by atoms with Gasteiger partial charge in [0.15, 0.2) is 0 Å². The molecule has 1 unspecified atom stereocenters. The molecule has 1 saturated heterocycles. The molecule has 118 valence electrons. The molecule has 0 amide bonds. The number of aliphatic hydroxyl groups excluding tert-OH is 1. The molecule has 5 heteroatoms. The van der Waals surface area contributed by atoms with Gasteiger partial charge < -0.3 is 25.2 Å². The molecule has 0 aliphatic carbocycles. The van der Waals surface area contributed by atoms with E-state index < -0.39 is 6.10 Å². The van der Waals surface area contributed by atoms with Gasteiger partial charge in [-0.1, -0.05) is 0 Å². The van der Waals surface area contributed by atoms with E-state index in [-0.39, 0.29) is 0 Å². The van der Waals surface area contributed by atoms with E-state index in [1.165, 1.54) is 0 Å². The average molecular weight is 294 g/mol. The van der Waals surface area contributed by atoms with Crippen molar-refractivity contribution in [1.82, 2.24) is 4.90 Å². The molecule has 3 N–H and O–H groups in total. The Labute approximate surface area is 126 Å². The van der Waals surface area contributed by atoms with Crippen LogP contribution in [0.4, 0.5) is 5.69 Å². The van der Waals surface area contributed by atoms with Crippen LogP contribution in [-0.2, 0) is 4.74 Å². The van der Waals surface area contributed by atoms with Crippen LogP contribution in [0.15, 0.2) is 24.3 Å². The van der Waals surface area contributed by atoms with Crippen molar-refractivity contribution in [3.63, 3.8) is 0 Å². The number of β-amino-alcohol motifs (C(OH)–C–C–N with tert-alkyl or cyclic N) is 1. The van der Waals surface area contributed by atoms with Crippen LogP contribution in [0.25, 0.3) is 0 Å². The molecule has 1 atom stereocenters. The topological polar surface area (TPSA) is 68.0 Å². The molecular formula is C16H26N2O3. The summed E-state index contributed by atoms with van der Waals surface area (Å²) in [7, 11) is 0. The zero-order chi connectivity index (χ0) is 15.1. The Morgan fingerprint density at radius 2 is 1.95 bits per heavy atom. The maximum Gasteiger partial charge on any atom is 0.119 e. The average Bonchev–Trinajstić information content (AvgIpc) is 2.49. The van der Waals surface area contributed by atoms with Crippen LogP contribution in [0.1, 0.15) is 19.8 Å². The van der Waals surface area contributed by atoms with Crippen molar-refractivity contribution in [2.75, 3.05) is 38.6 Å². The first-order valence-corrected chi connectivity index (χ1v) is 7.67. The molecule has 1 aliphatic heterocycles. The molecule has 5 nitrogen and oxygen atoms in total. The Kier molecular flexibility index (Phi) is 6.29. The molecule has 0 saturated carbocycles. The fourth-order valence-electron chi connectivity index (χ4n) is 2.60. The molecule has 1 heterocycles. The summed E-state index contributed by atoms with van der Waals surface area (Å²) in [5, 5.41) is 10.1. The molecular weight excluding hydrogens is 268 g/mol. The van der Waals surface area contributed by atoms with Gasteiger partial charge in [0.25, 0.3) is 0 Å². The second-order valence-electron chi connectivity index (χ2n) is 5.49. The standard InChI is InChI=1S/C16H26N2O3/c1-2-20-16-7-9-18(10-8-16)11-14(19)12-21-15-5-3-13(17)4-6-15/h3-6,14,16,19H,2,7-12,17H2,1H3. The highest BCUT2D eigenvalue weighted by Gasteiger charge is 2.21. The van der Waals surface area contributed by atoms with Crippen LogP contribution in [0, 0.1) is 0 Å². The Morgan fingerprint density at radius 3 is 2.57 bits per heavy atom. The van der Waals surface area contributed by atoms with Gasteiger partial charge in [0.05, 0.1) is 6.10 Å². The lowest BCUT2D eigenvalue weighted by molar-refractivity contribution is -0.00184. The summed E-state index contributed by atoms with van der Waals surface area (Å²) < 4.78 is 11.2. The smallest absolute Gasteiger partial charge is 0.119 e. The third kappa shape index (κ3) is 5.53. The van der Waals surface area contributed by atoms with Gasteiger partial charge in [0.2, 0.25) is 0 Å². The van der Waals surface area contributed by atoms with Gasteiger partial charge in [-0.25, -0.2) is 0 Å². The Bertz CT molecular complexity index is 402. The maximum absolute atomic E-state index is 10.1. The third-order valence-corrected chi connectivity index (χ3v) is 3.73. The number of rotatable bonds is 7. The van der Waals surface area contributed by atoms with E-state index in [2.05, 4.69) is 4.90 Å². The van der Waals surface area contributed by atoms with E-state index in [1.54, 1.807) is 12.1 Å². The summed E-state index contributed by atoms with van der Waals surface area (Å²) in [6.07, 6.45) is 1.99. The normalized spacial score (nSPS) is 18.6. The summed E-state index contributed by atoms with van der Waals surface area (Å²) in [5.74, 6) is 0.735. The van der Waals surface area contributed by atoms with Crippen molar-refractivity contribution < 1.29 is 14.6 Å². The predicted molar refractivity (Wildman–Crippen MR) is 83.4 cm³/mol. The van der Waals surface area contributed by atoms with Gasteiger partial charge in [-0.15, -0.1) is 0 Å². The first-order chi connectivity index (χ1) is 10.2. The molecule has 0 aromatic heterocycles. The summed E-state index contributed by atoms with van der Waals surface area (Å²) in [6.45, 7) is 5.71. The van der Waals surface area contributed by atoms with Crippen LogP contribution < -0.4 is 10.5 Å². The summed E-state index contributed by atoms with van der Waals surface area (Å²) in [5.41, 5.74) is 6.33. The molecule has 21 heavy (non-hydrogen) atoms. The lowest BCUT2D eigenvalue weighted by Crippen LogP contribution is -2.42. The lowest BCUT2D eigenvalue weighted by Gasteiger charge is -2.32. The van der Waals surface area contributed by atoms with Crippen molar-refractivity contribution in [2.24, 2.45) is 0 Å². The second kappa shape index (κ2) is 8.22. The van der Waals surface area contributed by atoms with Crippen molar-refractivity contribution in [3.05, 3.63) is 24.3 Å². The van der Waals surface area contributed by atoms with E-state index in [9.17, 15) is 5.11 Å². The molecule has 2 rings (SSSR count). The van der Waals surface area contributed by atoms with E-state index in [0.717, 1.165) is 38.3 Å². The maximum atomic E-state index is 10.1. The van der Waals surface area contributed by atoms with E-state index in [1.807, 2.05) is 19.1 Å². The van der Waals surface area contributed by atoms with Gasteiger partial charge in [-0.3, -0.25) is 0 Å². The number of ether oxygens (including phenoxy) is 2. The van der Waals surface area contributed by atoms with Gasteiger partial charge in [0, 0.05) is 31.9 Å². The van der Waals surface area contributed by atoms with E-state index in [0.29, 0.717) is 24.9 Å². The van der Waals surface area contributed by atoms with Gasteiger partial charge in [-0.2, -0.15) is 0 Å². The highest BCUT2D eigenvalue weighted by atomic mass is 16.5. The van der Waals surface area contributed by atoms with Gasteiger partial charge in [-0.05, 0) is 44.0 Å². The van der Waals surface area contributed by atoms with E-state index >= 15 is 0 Å². The van der Waals surface area contributed by atoms with Crippen LogP contribution in [0.3, 0.4) is 0 Å². The largest absolute Gasteiger partial charge is 0.491 e. The number of hydrogen-bond acceptors (Lipinski definition) is 5. The minimum Gasteiger partial charge on any atom is -0.491 e. The van der Waals surface area contributed by atoms with Crippen molar-refractivity contribution in [3.8, 4) is 5.75 Å². The van der Waals surface area contributed by atoms with E-state index in [4.69, 9.17) is 15.2 Å². The predicted octanol–water partition coefficient (Wildman–Crippen LogP) is 1.51. The third-order valence-electron chi connectivity index (χ3n) is 3.73. The fraction of sp³-hybridized carbons (Fsp3) is 0.625. The number of hydrogen-bond donors (Lipinski definition) is 2. The van der Waals surface area contributed by atoms with Crippen molar-refractivity contribution >= 4 is 5.69 Å². The first-order valence-electron chi connectivity index (χ1n) is 7.67. The molecule has 1 aliphatic rings. The lowest BCUT2D eigenvalue weighted by atomic mass is 10.1. The van der Waals surface area contributed by atoms with Crippen molar-refractivity contribution in [1.29, 1.82) is 0 Å². The minimum absolute atomic E-state index is 0.301. The SMILES string of the molecule is CCOC1CCN(CC(O)COc2ccc(N)cc2)CC1. The molecule has 0 spiro atoms.